The Morgan fingerprint density at radius 1 is 1.45 bits per heavy atom. The summed E-state index contributed by atoms with van der Waals surface area (Å²) < 4.78 is 30.1. The SMILES string of the molecule is C=CCOC(=O)C1=C(O)c2ccccc2S(=O)(=O)N1C. The van der Waals surface area contributed by atoms with Crippen molar-refractivity contribution in [2.75, 3.05) is 13.7 Å². The van der Waals surface area contributed by atoms with E-state index in [1.165, 1.54) is 25.3 Å². The normalized spacial score (nSPS) is 16.6. The number of ether oxygens (including phenoxy) is 1. The zero-order valence-electron chi connectivity index (χ0n) is 10.7. The van der Waals surface area contributed by atoms with Gasteiger partial charge in [0.2, 0.25) is 0 Å². The Labute approximate surface area is 116 Å². The van der Waals surface area contributed by atoms with E-state index in [0.29, 0.717) is 0 Å². The minimum atomic E-state index is -3.88. The van der Waals surface area contributed by atoms with Gasteiger partial charge in [0.25, 0.3) is 10.0 Å². The van der Waals surface area contributed by atoms with Gasteiger partial charge in [-0.3, -0.25) is 4.31 Å². The molecule has 1 aliphatic rings. The highest BCUT2D eigenvalue weighted by Gasteiger charge is 2.38. The molecule has 7 heteroatoms. The van der Waals surface area contributed by atoms with Crippen molar-refractivity contribution in [3.8, 4) is 0 Å². The van der Waals surface area contributed by atoms with Crippen LogP contribution in [0.2, 0.25) is 0 Å². The van der Waals surface area contributed by atoms with Crippen molar-refractivity contribution in [2.45, 2.75) is 4.90 Å². The van der Waals surface area contributed by atoms with Gasteiger partial charge in [-0.1, -0.05) is 24.8 Å². The Morgan fingerprint density at radius 2 is 2.10 bits per heavy atom. The smallest absolute Gasteiger partial charge is 0.359 e. The molecule has 0 radical (unpaired) electrons. The first-order valence-corrected chi connectivity index (χ1v) is 7.15. The van der Waals surface area contributed by atoms with Crippen molar-refractivity contribution < 1.29 is 23.1 Å². The van der Waals surface area contributed by atoms with Gasteiger partial charge in [-0.15, -0.1) is 0 Å². The van der Waals surface area contributed by atoms with Crippen molar-refractivity contribution in [2.24, 2.45) is 0 Å². The highest BCUT2D eigenvalue weighted by Crippen LogP contribution is 2.34. The maximum Gasteiger partial charge on any atom is 0.359 e. The van der Waals surface area contributed by atoms with Crippen molar-refractivity contribution >= 4 is 21.8 Å². The van der Waals surface area contributed by atoms with Crippen LogP contribution in [0.25, 0.3) is 5.76 Å². The van der Waals surface area contributed by atoms with Crippen LogP contribution in [0.3, 0.4) is 0 Å². The largest absolute Gasteiger partial charge is 0.505 e. The number of fused-ring (bicyclic) bond motifs is 1. The number of nitrogens with zero attached hydrogens (tertiary/aromatic N) is 1. The van der Waals surface area contributed by atoms with E-state index in [1.807, 2.05) is 0 Å². The van der Waals surface area contributed by atoms with E-state index in [2.05, 4.69) is 6.58 Å². The van der Waals surface area contributed by atoms with Crippen LogP contribution in [0.4, 0.5) is 0 Å². The summed E-state index contributed by atoms with van der Waals surface area (Å²) in [5.74, 6) is -1.35. The van der Waals surface area contributed by atoms with Crippen molar-refractivity contribution in [3.05, 3.63) is 48.2 Å². The van der Waals surface area contributed by atoms with Gasteiger partial charge < -0.3 is 9.84 Å². The van der Waals surface area contributed by atoms with E-state index < -0.39 is 27.4 Å². The number of likely N-dealkylation sites (N-methyl/N-ethyl adjacent to an activating group) is 1. The lowest BCUT2D eigenvalue weighted by atomic mass is 10.1. The molecule has 1 aliphatic heterocycles. The van der Waals surface area contributed by atoms with E-state index in [0.717, 1.165) is 4.31 Å². The van der Waals surface area contributed by atoms with Crippen LogP contribution in [-0.4, -0.2) is 37.5 Å². The van der Waals surface area contributed by atoms with Gasteiger partial charge in [0.05, 0.1) is 4.90 Å². The molecule has 0 atom stereocenters. The molecule has 0 saturated heterocycles. The molecule has 0 spiro atoms. The molecule has 1 aromatic carbocycles. The number of aliphatic hydroxyl groups excluding tert-OH is 1. The summed E-state index contributed by atoms with van der Waals surface area (Å²) in [6, 6.07) is 5.90. The second kappa shape index (κ2) is 5.01. The molecule has 1 aromatic rings. The molecular weight excluding hydrogens is 282 g/mol. The summed E-state index contributed by atoms with van der Waals surface area (Å²) in [4.78, 5) is 11.8. The molecule has 0 amide bonds. The van der Waals surface area contributed by atoms with Crippen molar-refractivity contribution in [1.29, 1.82) is 0 Å². The molecule has 0 aliphatic carbocycles. The van der Waals surface area contributed by atoms with Crippen molar-refractivity contribution in [1.82, 2.24) is 4.31 Å². The van der Waals surface area contributed by atoms with Crippen LogP contribution in [0.5, 0.6) is 0 Å². The molecule has 6 nitrogen and oxygen atoms in total. The number of carbonyl (C=O) groups excluding carboxylic acids is 1. The summed E-state index contributed by atoms with van der Waals surface area (Å²) in [5.41, 5.74) is -0.332. The first-order chi connectivity index (χ1) is 9.41. The van der Waals surface area contributed by atoms with Gasteiger partial charge in [-0.2, -0.15) is 0 Å². The van der Waals surface area contributed by atoms with E-state index in [9.17, 15) is 18.3 Å². The van der Waals surface area contributed by atoms with E-state index in [-0.39, 0.29) is 17.1 Å². The predicted octanol–water partition coefficient (Wildman–Crippen LogP) is 1.28. The highest BCUT2D eigenvalue weighted by molar-refractivity contribution is 7.89. The Bertz CT molecular complexity index is 705. The summed E-state index contributed by atoms with van der Waals surface area (Å²) >= 11 is 0. The lowest BCUT2D eigenvalue weighted by Crippen LogP contribution is -2.35. The Kier molecular flexibility index (Phi) is 3.54. The maximum atomic E-state index is 12.3. The second-order valence-electron chi connectivity index (χ2n) is 4.05. The molecule has 1 N–H and O–H groups in total. The van der Waals surface area contributed by atoms with Crippen LogP contribution in [0.15, 0.2) is 47.5 Å². The Hall–Kier alpha value is -2.28. The molecule has 20 heavy (non-hydrogen) atoms. The molecule has 0 bridgehead atoms. The van der Waals surface area contributed by atoms with Crippen LogP contribution in [-0.2, 0) is 19.6 Å². The zero-order chi connectivity index (χ0) is 14.9. The topological polar surface area (TPSA) is 83.9 Å². The fourth-order valence-corrected chi connectivity index (χ4v) is 3.25. The quantitative estimate of drug-likeness (QED) is 0.670. The lowest BCUT2D eigenvalue weighted by molar-refractivity contribution is -0.139. The van der Waals surface area contributed by atoms with Gasteiger partial charge >= 0.3 is 5.97 Å². The fraction of sp³-hybridized carbons (Fsp3) is 0.154. The number of rotatable bonds is 3. The zero-order valence-corrected chi connectivity index (χ0v) is 11.6. The molecule has 0 saturated carbocycles. The fourth-order valence-electron chi connectivity index (χ4n) is 1.86. The number of hydrogen-bond donors (Lipinski definition) is 1. The average Bonchev–Trinajstić information content (AvgIpc) is 2.43. The van der Waals surface area contributed by atoms with Crippen molar-refractivity contribution in [3.63, 3.8) is 0 Å². The molecule has 106 valence electrons. The van der Waals surface area contributed by atoms with E-state index in [4.69, 9.17) is 4.74 Å². The molecule has 1 heterocycles. The summed E-state index contributed by atoms with van der Waals surface area (Å²) in [5, 5.41) is 10.1. The van der Waals surface area contributed by atoms with Gasteiger partial charge in [0.1, 0.15) is 6.61 Å². The average molecular weight is 295 g/mol. The molecular formula is C13H13NO5S. The molecule has 2 rings (SSSR count). The second-order valence-corrected chi connectivity index (χ2v) is 5.99. The molecule has 0 fully saturated rings. The number of carbonyl (C=O) groups is 1. The number of hydrogen-bond acceptors (Lipinski definition) is 5. The lowest BCUT2D eigenvalue weighted by Gasteiger charge is -2.27. The number of esters is 1. The number of sulfonamides is 1. The Balaban J connectivity index is 2.62. The van der Waals surface area contributed by atoms with Crippen LogP contribution in [0.1, 0.15) is 5.56 Å². The van der Waals surface area contributed by atoms with E-state index >= 15 is 0 Å². The number of benzene rings is 1. The van der Waals surface area contributed by atoms with E-state index in [1.54, 1.807) is 12.1 Å². The third-order valence-electron chi connectivity index (χ3n) is 2.85. The van der Waals surface area contributed by atoms with Crippen LogP contribution >= 0.6 is 0 Å². The highest BCUT2D eigenvalue weighted by atomic mass is 32.2. The van der Waals surface area contributed by atoms with Gasteiger partial charge in [0, 0.05) is 12.6 Å². The summed E-state index contributed by atoms with van der Waals surface area (Å²) in [6.45, 7) is 3.31. The molecule has 0 unspecified atom stereocenters. The third kappa shape index (κ3) is 2.05. The first kappa shape index (κ1) is 14.1. The number of aliphatic hydroxyl groups is 1. The predicted molar refractivity (Wildman–Crippen MR) is 72.1 cm³/mol. The maximum absolute atomic E-state index is 12.3. The first-order valence-electron chi connectivity index (χ1n) is 5.71. The summed E-state index contributed by atoms with van der Waals surface area (Å²) in [7, 11) is -2.70. The van der Waals surface area contributed by atoms with Gasteiger partial charge in [0.15, 0.2) is 11.5 Å². The third-order valence-corrected chi connectivity index (χ3v) is 4.66. The van der Waals surface area contributed by atoms with Gasteiger partial charge in [-0.05, 0) is 12.1 Å². The minimum absolute atomic E-state index is 0.0553. The standard InChI is InChI=1S/C13H13NO5S/c1-3-8-19-13(16)11-12(15)9-6-4-5-7-10(9)20(17,18)14(11)2/h3-7,15H,1,8H2,2H3. The monoisotopic (exact) mass is 295 g/mol. The Morgan fingerprint density at radius 3 is 2.75 bits per heavy atom. The van der Waals surface area contributed by atoms with Crippen LogP contribution in [0, 0.1) is 0 Å². The minimum Gasteiger partial charge on any atom is -0.505 e. The van der Waals surface area contributed by atoms with Gasteiger partial charge in [-0.25, -0.2) is 13.2 Å². The summed E-state index contributed by atoms with van der Waals surface area (Å²) in [6.07, 6.45) is 1.35. The molecule has 0 aromatic heterocycles. The van der Waals surface area contributed by atoms with Crippen LogP contribution < -0.4 is 0 Å².